The van der Waals surface area contributed by atoms with E-state index < -0.39 is 0 Å². The molecule has 0 N–H and O–H groups in total. The quantitative estimate of drug-likeness (QED) is 0.513. The first-order valence-electron chi connectivity index (χ1n) is 3.46. The van der Waals surface area contributed by atoms with Gasteiger partial charge in [-0.25, -0.2) is 0 Å². The summed E-state index contributed by atoms with van der Waals surface area (Å²) in [6.07, 6.45) is 0. The van der Waals surface area contributed by atoms with Crippen LogP contribution in [-0.4, -0.2) is 38.3 Å². The summed E-state index contributed by atoms with van der Waals surface area (Å²) in [5.41, 5.74) is 0. The van der Waals surface area contributed by atoms with Crippen LogP contribution in [0.4, 0.5) is 0 Å². The minimum absolute atomic E-state index is 0.644. The molecule has 0 bridgehead atoms. The van der Waals surface area contributed by atoms with Crippen molar-refractivity contribution in [2.24, 2.45) is 5.92 Å². The summed E-state index contributed by atoms with van der Waals surface area (Å²) in [5.74, 6) is 0.708. The fraction of sp³-hybridized carbons (Fsp3) is 1.00. The van der Waals surface area contributed by atoms with E-state index in [1.54, 1.807) is 0 Å². The molecule has 0 aromatic heterocycles. The number of hydrogen-bond acceptors (Lipinski definition) is 2. The fourth-order valence-electron chi connectivity index (χ4n) is 1.31. The third-order valence-corrected chi connectivity index (χ3v) is 1.99. The van der Waals surface area contributed by atoms with Crippen LogP contribution in [-0.2, 0) is 4.74 Å². The zero-order chi connectivity index (χ0) is 6.85. The second kappa shape index (κ2) is 2.67. The van der Waals surface area contributed by atoms with Gasteiger partial charge in [0.25, 0.3) is 0 Å². The van der Waals surface area contributed by atoms with Crippen LogP contribution >= 0.6 is 0 Å². The summed E-state index contributed by atoms with van der Waals surface area (Å²) in [7, 11) is 4.21. The van der Waals surface area contributed by atoms with Crippen LogP contribution in [0.15, 0.2) is 0 Å². The van der Waals surface area contributed by atoms with E-state index in [4.69, 9.17) is 4.74 Å². The molecule has 0 saturated carbocycles. The van der Waals surface area contributed by atoms with Gasteiger partial charge in [-0.3, -0.25) is 0 Å². The van der Waals surface area contributed by atoms with E-state index in [0.717, 1.165) is 13.2 Å². The van der Waals surface area contributed by atoms with Crippen LogP contribution in [0.2, 0.25) is 0 Å². The van der Waals surface area contributed by atoms with Crippen LogP contribution in [0.1, 0.15) is 6.92 Å². The molecule has 0 radical (unpaired) electrons. The van der Waals surface area contributed by atoms with Crippen molar-refractivity contribution < 1.29 is 4.74 Å². The zero-order valence-corrected chi connectivity index (χ0v) is 6.42. The van der Waals surface area contributed by atoms with E-state index in [1.807, 2.05) is 0 Å². The Kier molecular flexibility index (Phi) is 2.09. The summed E-state index contributed by atoms with van der Waals surface area (Å²) in [5, 5.41) is 0. The Bertz CT molecular complexity index is 92.9. The molecule has 54 valence electrons. The summed E-state index contributed by atoms with van der Waals surface area (Å²) in [4.78, 5) is 2.23. The van der Waals surface area contributed by atoms with E-state index in [9.17, 15) is 0 Å². The van der Waals surface area contributed by atoms with E-state index in [2.05, 4.69) is 25.9 Å². The Labute approximate surface area is 56.8 Å². The van der Waals surface area contributed by atoms with Crippen molar-refractivity contribution in [2.75, 3.05) is 27.3 Å². The van der Waals surface area contributed by atoms with Crippen molar-refractivity contribution in [3.05, 3.63) is 0 Å². The number of rotatable bonds is 1. The van der Waals surface area contributed by atoms with Crippen LogP contribution in [0.25, 0.3) is 0 Å². The highest BCUT2D eigenvalue weighted by atomic mass is 16.5. The van der Waals surface area contributed by atoms with Crippen molar-refractivity contribution in [3.8, 4) is 0 Å². The molecule has 2 nitrogen and oxygen atoms in total. The molecule has 0 amide bonds. The summed E-state index contributed by atoms with van der Waals surface area (Å²) in [6.45, 7) is 4.08. The second-order valence-electron chi connectivity index (χ2n) is 3.05. The Morgan fingerprint density at radius 3 is 2.22 bits per heavy atom. The molecule has 1 heterocycles. The van der Waals surface area contributed by atoms with Gasteiger partial charge in [-0.2, -0.15) is 0 Å². The van der Waals surface area contributed by atoms with Crippen molar-refractivity contribution in [2.45, 2.75) is 13.0 Å². The third kappa shape index (κ3) is 1.43. The third-order valence-electron chi connectivity index (χ3n) is 1.99. The maximum atomic E-state index is 5.29. The summed E-state index contributed by atoms with van der Waals surface area (Å²) >= 11 is 0. The van der Waals surface area contributed by atoms with Crippen molar-refractivity contribution >= 4 is 0 Å². The molecule has 0 aromatic rings. The van der Waals surface area contributed by atoms with Gasteiger partial charge in [0.05, 0.1) is 13.2 Å². The summed E-state index contributed by atoms with van der Waals surface area (Å²) in [6, 6.07) is 0.644. The highest BCUT2D eigenvalue weighted by Crippen LogP contribution is 2.15. The van der Waals surface area contributed by atoms with E-state index in [1.165, 1.54) is 0 Å². The molecule has 0 aromatic carbocycles. The Balaban J connectivity index is 2.40. The first kappa shape index (κ1) is 7.03. The number of likely N-dealkylation sites (N-methyl/N-ethyl adjacent to an activating group) is 1. The van der Waals surface area contributed by atoms with Gasteiger partial charge >= 0.3 is 0 Å². The molecule has 2 atom stereocenters. The largest absolute Gasteiger partial charge is 0.379 e. The highest BCUT2D eigenvalue weighted by molar-refractivity contribution is 4.77. The van der Waals surface area contributed by atoms with Gasteiger partial charge in [-0.15, -0.1) is 0 Å². The Morgan fingerprint density at radius 1 is 1.33 bits per heavy atom. The molecule has 0 spiro atoms. The molecule has 1 rings (SSSR count). The Morgan fingerprint density at radius 2 is 2.00 bits per heavy atom. The molecule has 0 aliphatic carbocycles. The topological polar surface area (TPSA) is 12.5 Å². The molecule has 1 fully saturated rings. The minimum atomic E-state index is 0.644. The minimum Gasteiger partial charge on any atom is -0.379 e. The number of ether oxygens (including phenoxy) is 1. The van der Waals surface area contributed by atoms with Gasteiger partial charge in [0.15, 0.2) is 0 Å². The van der Waals surface area contributed by atoms with E-state index in [0.29, 0.717) is 12.0 Å². The fourth-order valence-corrected chi connectivity index (χ4v) is 1.31. The predicted molar refractivity (Wildman–Crippen MR) is 37.5 cm³/mol. The maximum absolute atomic E-state index is 5.29. The summed E-state index contributed by atoms with van der Waals surface area (Å²) < 4.78 is 5.29. The second-order valence-corrected chi connectivity index (χ2v) is 3.05. The molecule has 1 saturated heterocycles. The first-order valence-corrected chi connectivity index (χ1v) is 3.46. The lowest BCUT2D eigenvalue weighted by molar-refractivity contribution is 0.169. The van der Waals surface area contributed by atoms with Crippen LogP contribution in [0.5, 0.6) is 0 Å². The Hall–Kier alpha value is -0.0800. The van der Waals surface area contributed by atoms with Crippen LogP contribution in [0.3, 0.4) is 0 Å². The monoisotopic (exact) mass is 129 g/mol. The highest BCUT2D eigenvalue weighted by Gasteiger charge is 2.25. The van der Waals surface area contributed by atoms with Gasteiger partial charge in [-0.1, -0.05) is 6.92 Å². The molecule has 9 heavy (non-hydrogen) atoms. The number of nitrogens with zero attached hydrogens (tertiary/aromatic N) is 1. The van der Waals surface area contributed by atoms with Crippen LogP contribution < -0.4 is 0 Å². The van der Waals surface area contributed by atoms with Gasteiger partial charge in [0, 0.05) is 6.04 Å². The number of hydrogen-bond donors (Lipinski definition) is 0. The lowest BCUT2D eigenvalue weighted by Crippen LogP contribution is -2.32. The average Bonchev–Trinajstić information content (AvgIpc) is 2.13. The van der Waals surface area contributed by atoms with Gasteiger partial charge in [0.2, 0.25) is 0 Å². The van der Waals surface area contributed by atoms with Gasteiger partial charge in [-0.05, 0) is 20.0 Å². The van der Waals surface area contributed by atoms with Crippen molar-refractivity contribution in [1.82, 2.24) is 4.90 Å². The predicted octanol–water partition coefficient (Wildman–Crippen LogP) is 0.583. The van der Waals surface area contributed by atoms with Crippen molar-refractivity contribution in [3.63, 3.8) is 0 Å². The van der Waals surface area contributed by atoms with Gasteiger partial charge in [0.1, 0.15) is 0 Å². The maximum Gasteiger partial charge on any atom is 0.0625 e. The normalized spacial score (nSPS) is 36.0. The zero-order valence-electron chi connectivity index (χ0n) is 6.42. The molecular weight excluding hydrogens is 114 g/mol. The lowest BCUT2D eigenvalue weighted by Gasteiger charge is -2.20. The molecule has 1 aliphatic rings. The molecular formula is C7H15NO. The van der Waals surface area contributed by atoms with Gasteiger partial charge < -0.3 is 9.64 Å². The van der Waals surface area contributed by atoms with E-state index >= 15 is 0 Å². The van der Waals surface area contributed by atoms with E-state index in [-0.39, 0.29) is 0 Å². The standard InChI is InChI=1S/C7H15NO/c1-6-4-9-5-7(6)8(2)3/h6-7H,4-5H2,1-3H3/t6-,7+/m1/s1. The molecule has 0 unspecified atom stereocenters. The average molecular weight is 129 g/mol. The molecule has 2 heteroatoms. The smallest absolute Gasteiger partial charge is 0.0625 e. The van der Waals surface area contributed by atoms with Crippen molar-refractivity contribution in [1.29, 1.82) is 0 Å². The first-order chi connectivity index (χ1) is 4.22. The molecule has 1 aliphatic heterocycles. The lowest BCUT2D eigenvalue weighted by atomic mass is 10.1. The SMILES string of the molecule is C[C@@H]1COC[C@@H]1N(C)C. The van der Waals surface area contributed by atoms with Crippen LogP contribution in [0, 0.1) is 5.92 Å².